The number of rotatable bonds is 2. The van der Waals surface area contributed by atoms with Crippen LogP contribution in [0, 0.1) is 11.7 Å². The molecule has 6 heteroatoms. The quantitative estimate of drug-likeness (QED) is 0.898. The van der Waals surface area contributed by atoms with Gasteiger partial charge in [0.15, 0.2) is 9.84 Å². The van der Waals surface area contributed by atoms with Crippen LogP contribution in [0.5, 0.6) is 0 Å². The maximum absolute atomic E-state index is 13.1. The van der Waals surface area contributed by atoms with E-state index in [4.69, 9.17) is 17.3 Å². The Balaban J connectivity index is 2.26. The molecule has 2 unspecified atom stereocenters. The summed E-state index contributed by atoms with van der Waals surface area (Å²) in [6.07, 6.45) is 0.510. The highest BCUT2D eigenvalue weighted by atomic mass is 35.5. The Morgan fingerprint density at radius 3 is 2.76 bits per heavy atom. The Kier molecular flexibility index (Phi) is 3.43. The summed E-state index contributed by atoms with van der Waals surface area (Å²) in [6, 6.07) is 3.44. The first-order valence-corrected chi connectivity index (χ1v) is 7.50. The minimum atomic E-state index is -2.99. The largest absolute Gasteiger partial charge is 0.324 e. The predicted molar refractivity (Wildman–Crippen MR) is 65.1 cm³/mol. The van der Waals surface area contributed by atoms with Crippen LogP contribution in [-0.4, -0.2) is 19.9 Å². The molecule has 1 aromatic carbocycles. The van der Waals surface area contributed by atoms with Gasteiger partial charge in [-0.1, -0.05) is 11.6 Å². The number of nitrogens with two attached hydrogens (primary N) is 1. The molecular formula is C11H13ClFNO2S. The van der Waals surface area contributed by atoms with Crippen LogP contribution in [0.25, 0.3) is 0 Å². The molecule has 2 rings (SSSR count). The Labute approximate surface area is 105 Å². The molecule has 1 saturated heterocycles. The molecule has 2 N–H and O–H groups in total. The number of hydrogen-bond acceptors (Lipinski definition) is 3. The van der Waals surface area contributed by atoms with Crippen molar-refractivity contribution < 1.29 is 12.8 Å². The molecule has 0 spiro atoms. The van der Waals surface area contributed by atoms with E-state index in [1.807, 2.05) is 0 Å². The second-order valence-corrected chi connectivity index (χ2v) is 6.99. The first-order valence-electron chi connectivity index (χ1n) is 5.30. The van der Waals surface area contributed by atoms with Crippen LogP contribution in [-0.2, 0) is 9.84 Å². The van der Waals surface area contributed by atoms with Crippen LogP contribution in [0.15, 0.2) is 18.2 Å². The molecule has 0 bridgehead atoms. The topological polar surface area (TPSA) is 60.2 Å². The van der Waals surface area contributed by atoms with E-state index in [2.05, 4.69) is 0 Å². The van der Waals surface area contributed by atoms with Gasteiger partial charge in [0.05, 0.1) is 11.5 Å². The van der Waals surface area contributed by atoms with E-state index < -0.39 is 21.7 Å². The van der Waals surface area contributed by atoms with Crippen LogP contribution in [0.4, 0.5) is 4.39 Å². The molecule has 1 heterocycles. The zero-order valence-electron chi connectivity index (χ0n) is 9.07. The number of hydrogen-bond donors (Lipinski definition) is 1. The Morgan fingerprint density at radius 1 is 1.47 bits per heavy atom. The van der Waals surface area contributed by atoms with Crippen molar-refractivity contribution in [2.45, 2.75) is 12.5 Å². The molecule has 1 aromatic rings. The summed E-state index contributed by atoms with van der Waals surface area (Å²) >= 11 is 5.94. The Bertz CT molecular complexity index is 532. The maximum Gasteiger partial charge on any atom is 0.150 e. The van der Waals surface area contributed by atoms with Crippen molar-refractivity contribution in [3.05, 3.63) is 34.6 Å². The molecule has 0 aliphatic carbocycles. The lowest BCUT2D eigenvalue weighted by Crippen LogP contribution is -2.23. The summed E-state index contributed by atoms with van der Waals surface area (Å²) in [6.45, 7) is 0. The van der Waals surface area contributed by atoms with Crippen molar-refractivity contribution in [3.8, 4) is 0 Å². The molecule has 3 nitrogen and oxygen atoms in total. The van der Waals surface area contributed by atoms with Gasteiger partial charge in [-0.05, 0) is 36.1 Å². The fourth-order valence-electron chi connectivity index (χ4n) is 2.13. The van der Waals surface area contributed by atoms with Crippen molar-refractivity contribution >= 4 is 21.4 Å². The fourth-order valence-corrected chi connectivity index (χ4v) is 4.23. The Morgan fingerprint density at radius 2 is 2.18 bits per heavy atom. The smallest absolute Gasteiger partial charge is 0.150 e. The van der Waals surface area contributed by atoms with Crippen molar-refractivity contribution in [1.82, 2.24) is 0 Å². The van der Waals surface area contributed by atoms with Gasteiger partial charge in [0, 0.05) is 11.1 Å². The molecule has 0 aromatic heterocycles. The van der Waals surface area contributed by atoms with Crippen LogP contribution in [0.1, 0.15) is 18.0 Å². The number of sulfone groups is 1. The minimum absolute atomic E-state index is 0.0566. The van der Waals surface area contributed by atoms with Gasteiger partial charge < -0.3 is 5.73 Å². The minimum Gasteiger partial charge on any atom is -0.324 e. The van der Waals surface area contributed by atoms with E-state index >= 15 is 0 Å². The fraction of sp³-hybridized carbons (Fsp3) is 0.455. The first-order chi connectivity index (χ1) is 7.89. The maximum atomic E-state index is 13.1. The highest BCUT2D eigenvalue weighted by Gasteiger charge is 2.33. The number of benzene rings is 1. The highest BCUT2D eigenvalue weighted by Crippen LogP contribution is 2.33. The SMILES string of the molecule is NC(c1cc(F)ccc1Cl)C1CCS(=O)(=O)C1. The molecule has 0 saturated carbocycles. The Hall–Kier alpha value is -0.650. The zero-order valence-corrected chi connectivity index (χ0v) is 10.6. The van der Waals surface area contributed by atoms with Gasteiger partial charge >= 0.3 is 0 Å². The van der Waals surface area contributed by atoms with Gasteiger partial charge in [-0.2, -0.15) is 0 Å². The van der Waals surface area contributed by atoms with E-state index in [1.54, 1.807) is 0 Å². The van der Waals surface area contributed by atoms with Crippen molar-refractivity contribution in [2.75, 3.05) is 11.5 Å². The second kappa shape index (κ2) is 4.55. The molecule has 1 fully saturated rings. The summed E-state index contributed by atoms with van der Waals surface area (Å²) in [5, 5.41) is 0.378. The van der Waals surface area contributed by atoms with E-state index in [9.17, 15) is 12.8 Å². The van der Waals surface area contributed by atoms with Gasteiger partial charge in [-0.3, -0.25) is 0 Å². The third-order valence-electron chi connectivity index (χ3n) is 3.09. The van der Waals surface area contributed by atoms with Crippen LogP contribution in [0.3, 0.4) is 0 Å². The molecular weight excluding hydrogens is 265 g/mol. The molecule has 17 heavy (non-hydrogen) atoms. The standard InChI is InChI=1S/C11H13ClFNO2S/c12-10-2-1-8(13)5-9(10)11(14)7-3-4-17(15,16)6-7/h1-2,5,7,11H,3-4,6,14H2. The van der Waals surface area contributed by atoms with E-state index in [-0.39, 0.29) is 17.4 Å². The summed E-state index contributed by atoms with van der Waals surface area (Å²) in [5.41, 5.74) is 6.46. The summed E-state index contributed by atoms with van der Waals surface area (Å²) < 4.78 is 35.8. The summed E-state index contributed by atoms with van der Waals surface area (Å²) in [7, 11) is -2.99. The third-order valence-corrected chi connectivity index (χ3v) is 5.23. The van der Waals surface area contributed by atoms with E-state index in [0.717, 1.165) is 0 Å². The van der Waals surface area contributed by atoms with Crippen molar-refractivity contribution in [2.24, 2.45) is 11.7 Å². The summed E-state index contributed by atoms with van der Waals surface area (Å²) in [4.78, 5) is 0. The van der Waals surface area contributed by atoms with Gasteiger partial charge in [0.25, 0.3) is 0 Å². The molecule has 1 aliphatic rings. The molecule has 0 amide bonds. The summed E-state index contributed by atoms with van der Waals surface area (Å²) in [5.74, 6) is -0.390. The molecule has 0 radical (unpaired) electrons. The lowest BCUT2D eigenvalue weighted by molar-refractivity contribution is 0.477. The lowest BCUT2D eigenvalue weighted by atomic mass is 9.93. The average Bonchev–Trinajstić information content (AvgIpc) is 2.61. The number of halogens is 2. The average molecular weight is 278 g/mol. The molecule has 94 valence electrons. The van der Waals surface area contributed by atoms with Crippen LogP contribution in [0.2, 0.25) is 5.02 Å². The van der Waals surface area contributed by atoms with Crippen molar-refractivity contribution in [1.29, 1.82) is 0 Å². The zero-order chi connectivity index (χ0) is 12.6. The van der Waals surface area contributed by atoms with E-state index in [0.29, 0.717) is 17.0 Å². The normalized spacial score (nSPS) is 24.8. The molecule has 1 aliphatic heterocycles. The first kappa shape index (κ1) is 12.8. The van der Waals surface area contributed by atoms with E-state index in [1.165, 1.54) is 18.2 Å². The van der Waals surface area contributed by atoms with Crippen LogP contribution < -0.4 is 5.73 Å². The van der Waals surface area contributed by atoms with Gasteiger partial charge in [-0.25, -0.2) is 12.8 Å². The van der Waals surface area contributed by atoms with Gasteiger partial charge in [0.1, 0.15) is 5.82 Å². The van der Waals surface area contributed by atoms with Crippen molar-refractivity contribution in [3.63, 3.8) is 0 Å². The van der Waals surface area contributed by atoms with Crippen LogP contribution >= 0.6 is 11.6 Å². The highest BCUT2D eigenvalue weighted by molar-refractivity contribution is 7.91. The predicted octanol–water partition coefficient (Wildman–Crippen LogP) is 1.91. The lowest BCUT2D eigenvalue weighted by Gasteiger charge is -2.19. The second-order valence-electron chi connectivity index (χ2n) is 4.35. The molecule has 2 atom stereocenters. The van der Waals surface area contributed by atoms with Gasteiger partial charge in [-0.15, -0.1) is 0 Å². The third kappa shape index (κ3) is 2.78. The monoisotopic (exact) mass is 277 g/mol. The van der Waals surface area contributed by atoms with Gasteiger partial charge in [0.2, 0.25) is 0 Å².